The molecule has 0 saturated carbocycles. The normalized spacial score (nSPS) is 11.1. The van der Waals surface area contributed by atoms with Gasteiger partial charge in [0.2, 0.25) is 0 Å². The van der Waals surface area contributed by atoms with Crippen LogP contribution < -0.4 is 0 Å². The van der Waals surface area contributed by atoms with Crippen molar-refractivity contribution in [3.63, 3.8) is 0 Å². The minimum atomic E-state index is -0.141. The summed E-state index contributed by atoms with van der Waals surface area (Å²) in [4.78, 5) is 1.92. The van der Waals surface area contributed by atoms with Gasteiger partial charge in [-0.15, -0.1) is 22.7 Å². The Labute approximate surface area is 118 Å². The largest absolute Gasteiger partial charge is 0.454 e. The first-order chi connectivity index (χ1) is 9.35. The third-order valence-corrected chi connectivity index (χ3v) is 4.66. The first kappa shape index (κ1) is 12.6. The van der Waals surface area contributed by atoms with Crippen molar-refractivity contribution in [1.82, 2.24) is 0 Å². The maximum atomic E-state index is 9.58. The molecule has 3 rings (SSSR count). The van der Waals surface area contributed by atoms with Crippen LogP contribution in [0.4, 0.5) is 0 Å². The lowest BCUT2D eigenvalue weighted by Gasteiger charge is -1.98. The Morgan fingerprint density at radius 1 is 0.842 bits per heavy atom. The molecule has 0 amide bonds. The van der Waals surface area contributed by atoms with E-state index in [1.54, 1.807) is 22.7 Å². The molecular weight excluding hydrogens is 280 g/mol. The van der Waals surface area contributed by atoms with Crippen LogP contribution in [0.1, 0.15) is 11.1 Å². The van der Waals surface area contributed by atoms with E-state index in [1.807, 2.05) is 35.0 Å². The Balaban J connectivity index is 2.21. The van der Waals surface area contributed by atoms with Crippen molar-refractivity contribution < 1.29 is 14.6 Å². The summed E-state index contributed by atoms with van der Waals surface area (Å²) in [6.07, 6.45) is 0. The van der Waals surface area contributed by atoms with Crippen LogP contribution in [0.25, 0.3) is 21.3 Å². The molecule has 5 heteroatoms. The fourth-order valence-electron chi connectivity index (χ4n) is 2.05. The molecule has 3 aromatic heterocycles. The first-order valence-electron chi connectivity index (χ1n) is 5.79. The Kier molecular flexibility index (Phi) is 3.52. The lowest BCUT2D eigenvalue weighted by atomic mass is 10.1. The van der Waals surface area contributed by atoms with E-state index in [0.717, 1.165) is 9.75 Å². The molecule has 19 heavy (non-hydrogen) atoms. The maximum Gasteiger partial charge on any atom is 0.150 e. The minimum absolute atomic E-state index is 0.141. The van der Waals surface area contributed by atoms with Crippen molar-refractivity contribution in [3.05, 3.63) is 46.2 Å². The zero-order valence-electron chi connectivity index (χ0n) is 10.00. The zero-order chi connectivity index (χ0) is 13.2. The second-order valence-electron chi connectivity index (χ2n) is 3.99. The van der Waals surface area contributed by atoms with E-state index in [4.69, 9.17) is 4.42 Å². The van der Waals surface area contributed by atoms with Gasteiger partial charge in [0.15, 0.2) is 11.5 Å². The number of rotatable bonds is 4. The second kappa shape index (κ2) is 5.30. The number of aliphatic hydroxyl groups is 2. The SMILES string of the molecule is OCc1c(-c2cccs2)oc(-c2cccs2)c1CO. The van der Waals surface area contributed by atoms with Gasteiger partial charge in [0.25, 0.3) is 0 Å². The number of furan rings is 1. The highest BCUT2D eigenvalue weighted by atomic mass is 32.1. The van der Waals surface area contributed by atoms with Gasteiger partial charge in [-0.1, -0.05) is 12.1 Å². The van der Waals surface area contributed by atoms with Crippen molar-refractivity contribution in [2.45, 2.75) is 13.2 Å². The summed E-state index contributed by atoms with van der Waals surface area (Å²) in [6, 6.07) is 7.77. The molecule has 0 saturated heterocycles. The van der Waals surface area contributed by atoms with Gasteiger partial charge >= 0.3 is 0 Å². The minimum Gasteiger partial charge on any atom is -0.454 e. The summed E-state index contributed by atoms with van der Waals surface area (Å²) in [7, 11) is 0. The van der Waals surface area contributed by atoms with Gasteiger partial charge in [-0.05, 0) is 22.9 Å². The Bertz CT molecular complexity index is 594. The van der Waals surface area contributed by atoms with Gasteiger partial charge in [0, 0.05) is 11.1 Å². The topological polar surface area (TPSA) is 53.6 Å². The molecule has 0 unspecified atom stereocenters. The summed E-state index contributed by atoms with van der Waals surface area (Å²) < 4.78 is 5.92. The van der Waals surface area contributed by atoms with E-state index in [9.17, 15) is 10.2 Å². The average Bonchev–Trinajstić information content (AvgIpc) is 3.16. The molecular formula is C14H12O3S2. The van der Waals surface area contributed by atoms with Gasteiger partial charge < -0.3 is 14.6 Å². The van der Waals surface area contributed by atoms with Gasteiger partial charge in [-0.25, -0.2) is 0 Å². The summed E-state index contributed by atoms with van der Waals surface area (Å²) >= 11 is 3.10. The molecule has 0 atom stereocenters. The lowest BCUT2D eigenvalue weighted by molar-refractivity contribution is 0.262. The lowest BCUT2D eigenvalue weighted by Crippen LogP contribution is -1.91. The first-order valence-corrected chi connectivity index (χ1v) is 7.55. The number of hydrogen-bond donors (Lipinski definition) is 2. The van der Waals surface area contributed by atoms with E-state index in [-0.39, 0.29) is 13.2 Å². The highest BCUT2D eigenvalue weighted by Gasteiger charge is 2.22. The van der Waals surface area contributed by atoms with Gasteiger partial charge in [0.05, 0.1) is 23.0 Å². The van der Waals surface area contributed by atoms with Crippen LogP contribution in [-0.4, -0.2) is 10.2 Å². The molecule has 0 aliphatic rings. The van der Waals surface area contributed by atoms with Crippen molar-refractivity contribution >= 4 is 22.7 Å². The van der Waals surface area contributed by atoms with Crippen LogP contribution in [0, 0.1) is 0 Å². The van der Waals surface area contributed by atoms with Crippen molar-refractivity contribution in [2.75, 3.05) is 0 Å². The van der Waals surface area contributed by atoms with E-state index < -0.39 is 0 Å². The number of thiophene rings is 2. The highest BCUT2D eigenvalue weighted by molar-refractivity contribution is 7.13. The monoisotopic (exact) mass is 292 g/mol. The predicted molar refractivity (Wildman–Crippen MR) is 77.2 cm³/mol. The third kappa shape index (κ3) is 2.15. The van der Waals surface area contributed by atoms with Crippen LogP contribution in [0.2, 0.25) is 0 Å². The van der Waals surface area contributed by atoms with Gasteiger partial charge in [-0.2, -0.15) is 0 Å². The molecule has 0 spiro atoms. The smallest absolute Gasteiger partial charge is 0.150 e. The molecule has 3 aromatic rings. The number of hydrogen-bond acceptors (Lipinski definition) is 5. The van der Waals surface area contributed by atoms with Gasteiger partial charge in [-0.3, -0.25) is 0 Å². The fourth-order valence-corrected chi connectivity index (χ4v) is 3.51. The molecule has 0 fully saturated rings. The summed E-state index contributed by atoms with van der Waals surface area (Å²) in [5, 5.41) is 23.1. The summed E-state index contributed by atoms with van der Waals surface area (Å²) in [6.45, 7) is -0.282. The third-order valence-electron chi connectivity index (χ3n) is 2.92. The van der Waals surface area contributed by atoms with E-state index in [0.29, 0.717) is 22.6 Å². The zero-order valence-corrected chi connectivity index (χ0v) is 11.6. The van der Waals surface area contributed by atoms with E-state index in [2.05, 4.69) is 0 Å². The molecule has 0 radical (unpaired) electrons. The molecule has 0 aliphatic carbocycles. The average molecular weight is 292 g/mol. The predicted octanol–water partition coefficient (Wildman–Crippen LogP) is 3.72. The molecule has 2 N–H and O–H groups in total. The van der Waals surface area contributed by atoms with Gasteiger partial charge in [0.1, 0.15) is 0 Å². The summed E-state index contributed by atoms with van der Waals surface area (Å²) in [5.41, 5.74) is 1.35. The summed E-state index contributed by atoms with van der Waals surface area (Å²) in [5.74, 6) is 1.31. The quantitative estimate of drug-likeness (QED) is 0.770. The van der Waals surface area contributed by atoms with Crippen LogP contribution in [0.5, 0.6) is 0 Å². The van der Waals surface area contributed by atoms with Crippen molar-refractivity contribution in [2.24, 2.45) is 0 Å². The Morgan fingerprint density at radius 2 is 1.32 bits per heavy atom. The van der Waals surface area contributed by atoms with E-state index >= 15 is 0 Å². The highest BCUT2D eigenvalue weighted by Crippen LogP contribution is 2.40. The molecule has 3 nitrogen and oxygen atoms in total. The number of aliphatic hydroxyl groups excluding tert-OH is 2. The van der Waals surface area contributed by atoms with Crippen LogP contribution in [-0.2, 0) is 13.2 Å². The Hall–Kier alpha value is -1.40. The van der Waals surface area contributed by atoms with Crippen LogP contribution in [0.3, 0.4) is 0 Å². The Morgan fingerprint density at radius 3 is 1.63 bits per heavy atom. The standard InChI is InChI=1S/C14H12O3S2/c15-7-9-10(8-16)14(12-4-2-6-19-12)17-13(9)11-3-1-5-18-11/h1-6,15-16H,7-8H2. The van der Waals surface area contributed by atoms with Crippen LogP contribution >= 0.6 is 22.7 Å². The molecule has 0 aromatic carbocycles. The van der Waals surface area contributed by atoms with Crippen molar-refractivity contribution in [1.29, 1.82) is 0 Å². The molecule has 0 aliphatic heterocycles. The fraction of sp³-hybridized carbons (Fsp3) is 0.143. The molecule has 98 valence electrons. The van der Waals surface area contributed by atoms with Crippen LogP contribution in [0.15, 0.2) is 39.4 Å². The second-order valence-corrected chi connectivity index (χ2v) is 5.88. The molecule has 0 bridgehead atoms. The maximum absolute atomic E-state index is 9.58. The van der Waals surface area contributed by atoms with E-state index in [1.165, 1.54) is 0 Å². The molecule has 3 heterocycles. The van der Waals surface area contributed by atoms with Crippen molar-refractivity contribution in [3.8, 4) is 21.3 Å².